The lowest BCUT2D eigenvalue weighted by Crippen LogP contribution is -2.34. The molecular weight excluding hydrogens is 376 g/mol. The van der Waals surface area contributed by atoms with Gasteiger partial charge >= 0.3 is 0 Å². The van der Waals surface area contributed by atoms with Crippen LogP contribution in [0, 0.1) is 5.92 Å². The second kappa shape index (κ2) is 8.65. The highest BCUT2D eigenvalue weighted by Crippen LogP contribution is 2.41. The molecule has 2 aromatic carbocycles. The Kier molecular flexibility index (Phi) is 6.24. The van der Waals surface area contributed by atoms with Crippen LogP contribution in [0.3, 0.4) is 0 Å². The average molecular weight is 403 g/mol. The van der Waals surface area contributed by atoms with Gasteiger partial charge in [0.1, 0.15) is 5.75 Å². The first-order valence-corrected chi connectivity index (χ1v) is 11.3. The average Bonchev–Trinajstić information content (AvgIpc) is 3.49. The molecule has 1 saturated carbocycles. The number of nitrogens with one attached hydrogen (secondary N) is 2. The predicted molar refractivity (Wildman–Crippen MR) is 110 cm³/mol. The molecule has 1 atom stereocenters. The third-order valence-electron chi connectivity index (χ3n) is 4.76. The largest absolute Gasteiger partial charge is 0.497 e. The maximum atomic E-state index is 12.5. The van der Waals surface area contributed by atoms with Crippen molar-refractivity contribution in [3.05, 3.63) is 59.7 Å². The minimum atomic E-state index is -3.15. The van der Waals surface area contributed by atoms with Gasteiger partial charge in [0.15, 0.2) is 9.84 Å². The maximum Gasteiger partial charge on any atom is 0.239 e. The number of sulfone groups is 1. The first kappa shape index (κ1) is 20.2. The monoisotopic (exact) mass is 402 g/mol. The topological polar surface area (TPSA) is 84.5 Å². The summed E-state index contributed by atoms with van der Waals surface area (Å²) < 4.78 is 28.4. The number of carbonyl (C=O) groups excluding carboxylic acids is 1. The van der Waals surface area contributed by atoms with Crippen molar-refractivity contribution in [2.24, 2.45) is 5.92 Å². The molecule has 1 aliphatic rings. The summed E-state index contributed by atoms with van der Waals surface area (Å²) in [5, 5.41) is 6.18. The molecule has 0 spiro atoms. The van der Waals surface area contributed by atoms with Gasteiger partial charge in [-0.1, -0.05) is 30.3 Å². The highest BCUT2D eigenvalue weighted by Gasteiger charge is 2.33. The molecule has 28 heavy (non-hydrogen) atoms. The number of anilines is 1. The first-order chi connectivity index (χ1) is 13.4. The zero-order chi connectivity index (χ0) is 20.1. The van der Waals surface area contributed by atoms with Gasteiger partial charge in [-0.25, -0.2) is 8.42 Å². The zero-order valence-corrected chi connectivity index (χ0v) is 17.0. The molecule has 1 unspecified atom stereocenters. The molecule has 7 heteroatoms. The van der Waals surface area contributed by atoms with Crippen LogP contribution < -0.4 is 15.4 Å². The van der Waals surface area contributed by atoms with Crippen LogP contribution in [0.15, 0.2) is 48.5 Å². The fraction of sp³-hybridized carbons (Fsp3) is 0.381. The van der Waals surface area contributed by atoms with Gasteiger partial charge < -0.3 is 15.4 Å². The van der Waals surface area contributed by atoms with Crippen LogP contribution in [0.2, 0.25) is 0 Å². The van der Waals surface area contributed by atoms with E-state index in [1.165, 1.54) is 6.26 Å². The Morgan fingerprint density at radius 1 is 1.14 bits per heavy atom. The van der Waals surface area contributed by atoms with Gasteiger partial charge in [0.05, 0.1) is 25.4 Å². The van der Waals surface area contributed by atoms with E-state index in [4.69, 9.17) is 4.74 Å². The van der Waals surface area contributed by atoms with E-state index in [0.29, 0.717) is 17.2 Å². The van der Waals surface area contributed by atoms with Gasteiger partial charge in [0, 0.05) is 11.9 Å². The number of hydrogen-bond donors (Lipinski definition) is 2. The van der Waals surface area contributed by atoms with Crippen LogP contribution >= 0.6 is 0 Å². The van der Waals surface area contributed by atoms with E-state index in [9.17, 15) is 13.2 Å². The van der Waals surface area contributed by atoms with Gasteiger partial charge in [-0.05, 0) is 48.1 Å². The SMILES string of the molecule is COc1ccc(C(NC(=O)CNc2ccccc2CS(C)(=O)=O)C2CC2)cc1. The van der Waals surface area contributed by atoms with Gasteiger partial charge in [0.25, 0.3) is 0 Å². The van der Waals surface area contributed by atoms with Crippen molar-refractivity contribution in [1.82, 2.24) is 5.32 Å². The molecule has 3 rings (SSSR count). The summed E-state index contributed by atoms with van der Waals surface area (Å²) in [6, 6.07) is 14.9. The second-order valence-electron chi connectivity index (χ2n) is 7.24. The molecule has 2 N–H and O–H groups in total. The number of ether oxygens (including phenoxy) is 1. The standard InChI is InChI=1S/C21H26N2O4S/c1-27-18-11-9-16(10-12-18)21(15-7-8-15)23-20(24)13-22-19-6-4-3-5-17(19)14-28(2,25)26/h3-6,9-12,15,21-22H,7-8,13-14H2,1-2H3,(H,23,24). The number of carbonyl (C=O) groups is 1. The van der Waals surface area contributed by atoms with E-state index in [2.05, 4.69) is 10.6 Å². The number of methoxy groups -OCH3 is 1. The fourth-order valence-corrected chi connectivity index (χ4v) is 4.03. The van der Waals surface area contributed by atoms with Crippen LogP contribution in [0.4, 0.5) is 5.69 Å². The van der Waals surface area contributed by atoms with Crippen molar-refractivity contribution < 1.29 is 17.9 Å². The third-order valence-corrected chi connectivity index (χ3v) is 5.59. The van der Waals surface area contributed by atoms with Crippen LogP contribution in [-0.4, -0.2) is 34.2 Å². The summed E-state index contributed by atoms with van der Waals surface area (Å²) in [6.07, 6.45) is 3.40. The van der Waals surface area contributed by atoms with Gasteiger partial charge in [-0.2, -0.15) is 0 Å². The van der Waals surface area contributed by atoms with E-state index < -0.39 is 9.84 Å². The van der Waals surface area contributed by atoms with Crippen LogP contribution in [0.1, 0.15) is 30.0 Å². The van der Waals surface area contributed by atoms with Gasteiger partial charge in [-0.3, -0.25) is 4.79 Å². The Bertz CT molecular complexity index is 922. The summed E-state index contributed by atoms with van der Waals surface area (Å²) >= 11 is 0. The summed E-state index contributed by atoms with van der Waals surface area (Å²) in [6.45, 7) is 0.0835. The third kappa shape index (κ3) is 5.73. The normalized spacial score (nSPS) is 14.9. The zero-order valence-electron chi connectivity index (χ0n) is 16.1. The first-order valence-electron chi connectivity index (χ1n) is 9.28. The summed E-state index contributed by atoms with van der Waals surface area (Å²) in [5.41, 5.74) is 2.39. The summed E-state index contributed by atoms with van der Waals surface area (Å²) in [7, 11) is -1.53. The molecule has 0 heterocycles. The molecule has 0 radical (unpaired) electrons. The van der Waals surface area contributed by atoms with Crippen molar-refractivity contribution in [3.8, 4) is 5.75 Å². The molecule has 0 bridgehead atoms. The summed E-state index contributed by atoms with van der Waals surface area (Å²) in [4.78, 5) is 12.5. The quantitative estimate of drug-likeness (QED) is 0.674. The van der Waals surface area contributed by atoms with Crippen molar-refractivity contribution >= 4 is 21.4 Å². The van der Waals surface area contributed by atoms with Crippen LogP contribution in [-0.2, 0) is 20.4 Å². The van der Waals surface area contributed by atoms with Crippen LogP contribution in [0.25, 0.3) is 0 Å². The highest BCUT2D eigenvalue weighted by molar-refractivity contribution is 7.89. The lowest BCUT2D eigenvalue weighted by molar-refractivity contribution is -0.120. The van der Waals surface area contributed by atoms with Crippen LogP contribution in [0.5, 0.6) is 5.75 Å². The molecule has 1 fully saturated rings. The van der Waals surface area contributed by atoms with Crippen molar-refractivity contribution in [2.75, 3.05) is 25.2 Å². The highest BCUT2D eigenvalue weighted by atomic mass is 32.2. The van der Waals surface area contributed by atoms with Crippen molar-refractivity contribution in [3.63, 3.8) is 0 Å². The number of benzene rings is 2. The second-order valence-corrected chi connectivity index (χ2v) is 9.38. The minimum Gasteiger partial charge on any atom is -0.497 e. The Morgan fingerprint density at radius 3 is 2.43 bits per heavy atom. The van der Waals surface area contributed by atoms with E-state index in [1.807, 2.05) is 30.3 Å². The molecule has 150 valence electrons. The molecule has 1 amide bonds. The number of para-hydroxylation sites is 1. The number of hydrogen-bond acceptors (Lipinski definition) is 5. The smallest absolute Gasteiger partial charge is 0.239 e. The molecule has 0 saturated heterocycles. The molecule has 1 aliphatic carbocycles. The number of amides is 1. The Hall–Kier alpha value is -2.54. The Labute approximate surface area is 166 Å². The Morgan fingerprint density at radius 2 is 1.82 bits per heavy atom. The van der Waals surface area contributed by atoms with Gasteiger partial charge in [0.2, 0.25) is 5.91 Å². The van der Waals surface area contributed by atoms with Gasteiger partial charge in [-0.15, -0.1) is 0 Å². The van der Waals surface area contributed by atoms with E-state index >= 15 is 0 Å². The molecule has 2 aromatic rings. The van der Waals surface area contributed by atoms with E-state index in [0.717, 1.165) is 24.2 Å². The molecule has 0 aromatic heterocycles. The van der Waals surface area contributed by atoms with Crippen molar-refractivity contribution in [1.29, 1.82) is 0 Å². The van der Waals surface area contributed by atoms with E-state index in [1.54, 1.807) is 25.3 Å². The molecule has 6 nitrogen and oxygen atoms in total. The van der Waals surface area contributed by atoms with E-state index in [-0.39, 0.29) is 24.2 Å². The number of rotatable bonds is 9. The molecule has 0 aliphatic heterocycles. The lowest BCUT2D eigenvalue weighted by atomic mass is 10.0. The lowest BCUT2D eigenvalue weighted by Gasteiger charge is -2.20. The Balaban J connectivity index is 1.63. The molecular formula is C21H26N2O4S. The fourth-order valence-electron chi connectivity index (χ4n) is 3.22. The summed E-state index contributed by atoms with van der Waals surface area (Å²) in [5.74, 6) is 1.06. The predicted octanol–water partition coefficient (Wildman–Crippen LogP) is 2.92. The maximum absolute atomic E-state index is 12.5. The van der Waals surface area contributed by atoms with Crippen molar-refractivity contribution in [2.45, 2.75) is 24.6 Å². The minimum absolute atomic E-state index is 0.0218.